The molecule has 1 aromatic heterocycles. The van der Waals surface area contributed by atoms with E-state index in [0.29, 0.717) is 5.69 Å². The number of aromatic nitrogens is 1. The van der Waals surface area contributed by atoms with Gasteiger partial charge in [-0.05, 0) is 42.7 Å². The highest BCUT2D eigenvalue weighted by atomic mass is 16.5. The fraction of sp³-hybridized carbons (Fsp3) is 0.214. The van der Waals surface area contributed by atoms with E-state index in [1.807, 2.05) is 18.2 Å². The topological polar surface area (TPSA) is 42.1 Å². The van der Waals surface area contributed by atoms with E-state index < -0.39 is 0 Å². The van der Waals surface area contributed by atoms with E-state index in [2.05, 4.69) is 17.1 Å². The van der Waals surface area contributed by atoms with Crippen molar-refractivity contribution in [1.82, 2.24) is 4.98 Å². The lowest BCUT2D eigenvalue weighted by Gasteiger charge is -2.02. The van der Waals surface area contributed by atoms with Crippen LogP contribution in [0.4, 0.5) is 0 Å². The zero-order valence-electron chi connectivity index (χ0n) is 9.77. The Labute approximate surface area is 100 Å². The number of nitrogens with one attached hydrogen (secondary N) is 1. The monoisotopic (exact) mass is 229 g/mol. The molecule has 0 aliphatic carbocycles. The maximum Gasteiger partial charge on any atom is 0.166 e. The zero-order valence-corrected chi connectivity index (χ0v) is 9.77. The van der Waals surface area contributed by atoms with Crippen molar-refractivity contribution in [3.8, 4) is 5.75 Å². The fourth-order valence-electron chi connectivity index (χ4n) is 1.74. The molecule has 0 spiro atoms. The van der Waals surface area contributed by atoms with Gasteiger partial charge in [0.25, 0.3) is 0 Å². The molecule has 2 aromatic rings. The highest BCUT2D eigenvalue weighted by Crippen LogP contribution is 2.13. The van der Waals surface area contributed by atoms with E-state index >= 15 is 0 Å². The quantitative estimate of drug-likeness (QED) is 0.801. The molecule has 0 aliphatic heterocycles. The van der Waals surface area contributed by atoms with Crippen LogP contribution >= 0.6 is 0 Å². The number of benzene rings is 1. The van der Waals surface area contributed by atoms with Crippen LogP contribution in [0.2, 0.25) is 0 Å². The van der Waals surface area contributed by atoms with Crippen molar-refractivity contribution in [2.45, 2.75) is 12.8 Å². The first-order chi connectivity index (χ1) is 8.31. The number of aryl methyl sites for hydroxylation is 2. The number of H-pyrrole nitrogens is 1. The molecule has 1 heterocycles. The molecule has 2 rings (SSSR count). The summed E-state index contributed by atoms with van der Waals surface area (Å²) >= 11 is 0. The van der Waals surface area contributed by atoms with Crippen LogP contribution < -0.4 is 4.74 Å². The summed E-state index contributed by atoms with van der Waals surface area (Å²) in [5, 5.41) is 0. The maximum atomic E-state index is 10.5. The van der Waals surface area contributed by atoms with Crippen molar-refractivity contribution in [1.29, 1.82) is 0 Å². The van der Waals surface area contributed by atoms with Crippen LogP contribution in [0.3, 0.4) is 0 Å². The molecule has 1 aromatic carbocycles. The van der Waals surface area contributed by atoms with Crippen molar-refractivity contribution in [2.75, 3.05) is 7.11 Å². The van der Waals surface area contributed by atoms with Crippen molar-refractivity contribution < 1.29 is 9.53 Å². The van der Waals surface area contributed by atoms with Gasteiger partial charge >= 0.3 is 0 Å². The summed E-state index contributed by atoms with van der Waals surface area (Å²) in [6.07, 6.45) is 2.68. The van der Waals surface area contributed by atoms with Crippen LogP contribution in [0, 0.1) is 0 Å². The molecule has 3 nitrogen and oxygen atoms in total. The average Bonchev–Trinajstić information content (AvgIpc) is 2.85. The molecule has 0 radical (unpaired) electrons. The van der Waals surface area contributed by atoms with Crippen LogP contribution in [0.25, 0.3) is 0 Å². The predicted molar refractivity (Wildman–Crippen MR) is 66.6 cm³/mol. The second-order valence-electron chi connectivity index (χ2n) is 3.90. The molecular formula is C14H15NO2. The third-order valence-corrected chi connectivity index (χ3v) is 2.74. The van der Waals surface area contributed by atoms with Gasteiger partial charge in [0.05, 0.1) is 12.8 Å². The predicted octanol–water partition coefficient (Wildman–Crippen LogP) is 2.62. The summed E-state index contributed by atoms with van der Waals surface area (Å²) in [7, 11) is 1.66. The number of carbonyl (C=O) groups is 1. The minimum absolute atomic E-state index is 0.634. The van der Waals surface area contributed by atoms with Gasteiger partial charge in [-0.15, -0.1) is 0 Å². The first-order valence-corrected chi connectivity index (χ1v) is 5.58. The molecule has 17 heavy (non-hydrogen) atoms. The standard InChI is InChI=1S/C14H15NO2/c1-17-14-8-3-11(4-9-14)2-5-12-6-7-13(10-16)15-12/h3-4,6-10,15H,2,5H2,1H3. The molecule has 0 unspecified atom stereocenters. The largest absolute Gasteiger partial charge is 0.497 e. The Bertz CT molecular complexity index is 485. The summed E-state index contributed by atoms with van der Waals surface area (Å²) in [6.45, 7) is 0. The first-order valence-electron chi connectivity index (χ1n) is 5.58. The molecular weight excluding hydrogens is 214 g/mol. The third-order valence-electron chi connectivity index (χ3n) is 2.74. The minimum Gasteiger partial charge on any atom is -0.497 e. The van der Waals surface area contributed by atoms with Gasteiger partial charge in [0.15, 0.2) is 6.29 Å². The number of ether oxygens (including phenoxy) is 1. The summed E-state index contributed by atoms with van der Waals surface area (Å²) in [5.41, 5.74) is 2.98. The van der Waals surface area contributed by atoms with Crippen molar-refractivity contribution in [3.63, 3.8) is 0 Å². The van der Waals surface area contributed by atoms with E-state index in [0.717, 1.165) is 30.6 Å². The van der Waals surface area contributed by atoms with Gasteiger partial charge in [-0.2, -0.15) is 0 Å². The lowest BCUT2D eigenvalue weighted by molar-refractivity contribution is 0.111. The molecule has 0 aliphatic rings. The van der Waals surface area contributed by atoms with E-state index in [-0.39, 0.29) is 0 Å². The Morgan fingerprint density at radius 1 is 1.12 bits per heavy atom. The number of hydrogen-bond donors (Lipinski definition) is 1. The van der Waals surface area contributed by atoms with E-state index in [4.69, 9.17) is 4.74 Å². The Balaban J connectivity index is 1.94. The number of aromatic amines is 1. The van der Waals surface area contributed by atoms with Gasteiger partial charge in [0.2, 0.25) is 0 Å². The van der Waals surface area contributed by atoms with Crippen LogP contribution in [-0.4, -0.2) is 18.4 Å². The van der Waals surface area contributed by atoms with Gasteiger partial charge in [0, 0.05) is 5.69 Å². The van der Waals surface area contributed by atoms with Gasteiger partial charge < -0.3 is 9.72 Å². The smallest absolute Gasteiger partial charge is 0.166 e. The van der Waals surface area contributed by atoms with Crippen LogP contribution in [0.15, 0.2) is 36.4 Å². The SMILES string of the molecule is COc1ccc(CCc2ccc(C=O)[nH]2)cc1. The number of methoxy groups -OCH3 is 1. The van der Waals surface area contributed by atoms with Crippen molar-refractivity contribution in [2.24, 2.45) is 0 Å². The Hall–Kier alpha value is -2.03. The molecule has 88 valence electrons. The lowest BCUT2D eigenvalue weighted by Crippen LogP contribution is -1.92. The van der Waals surface area contributed by atoms with E-state index in [9.17, 15) is 4.79 Å². The lowest BCUT2D eigenvalue weighted by atomic mass is 10.1. The van der Waals surface area contributed by atoms with Crippen LogP contribution in [0.1, 0.15) is 21.7 Å². The second kappa shape index (κ2) is 5.34. The summed E-state index contributed by atoms with van der Waals surface area (Å²) < 4.78 is 5.10. The summed E-state index contributed by atoms with van der Waals surface area (Å²) in [4.78, 5) is 13.6. The first kappa shape index (κ1) is 11.5. The second-order valence-corrected chi connectivity index (χ2v) is 3.90. The molecule has 0 saturated carbocycles. The molecule has 0 amide bonds. The summed E-state index contributed by atoms with van der Waals surface area (Å²) in [5.74, 6) is 0.872. The van der Waals surface area contributed by atoms with Crippen molar-refractivity contribution >= 4 is 6.29 Å². The Kier molecular flexibility index (Phi) is 3.60. The van der Waals surface area contributed by atoms with E-state index in [1.54, 1.807) is 13.2 Å². The number of hydrogen-bond acceptors (Lipinski definition) is 2. The zero-order chi connectivity index (χ0) is 12.1. The van der Waals surface area contributed by atoms with Crippen molar-refractivity contribution in [3.05, 3.63) is 53.3 Å². The molecule has 3 heteroatoms. The normalized spacial score (nSPS) is 10.2. The Morgan fingerprint density at radius 2 is 1.88 bits per heavy atom. The number of aldehydes is 1. The molecule has 0 bridgehead atoms. The minimum atomic E-state index is 0.634. The van der Waals surface area contributed by atoms with Gasteiger partial charge in [-0.3, -0.25) is 4.79 Å². The maximum absolute atomic E-state index is 10.5. The Morgan fingerprint density at radius 3 is 2.47 bits per heavy atom. The van der Waals surface area contributed by atoms with Gasteiger partial charge in [0.1, 0.15) is 5.75 Å². The highest BCUT2D eigenvalue weighted by molar-refractivity contribution is 5.71. The fourth-order valence-corrected chi connectivity index (χ4v) is 1.74. The molecule has 0 atom stereocenters. The third kappa shape index (κ3) is 2.97. The molecule has 0 saturated heterocycles. The number of rotatable bonds is 5. The molecule has 0 fully saturated rings. The van der Waals surface area contributed by atoms with Crippen LogP contribution in [0.5, 0.6) is 5.75 Å². The van der Waals surface area contributed by atoms with Gasteiger partial charge in [-0.1, -0.05) is 12.1 Å². The summed E-state index contributed by atoms with van der Waals surface area (Å²) in [6, 6.07) is 11.8. The average molecular weight is 229 g/mol. The number of carbonyl (C=O) groups excluding carboxylic acids is 1. The van der Waals surface area contributed by atoms with Crippen LogP contribution in [-0.2, 0) is 12.8 Å². The highest BCUT2D eigenvalue weighted by Gasteiger charge is 1.99. The van der Waals surface area contributed by atoms with E-state index in [1.165, 1.54) is 5.56 Å². The molecule has 1 N–H and O–H groups in total. The van der Waals surface area contributed by atoms with Gasteiger partial charge in [-0.25, -0.2) is 0 Å².